The van der Waals surface area contributed by atoms with Crippen molar-refractivity contribution < 1.29 is 18.6 Å². The molecule has 0 aliphatic rings. The van der Waals surface area contributed by atoms with Gasteiger partial charge in [0.1, 0.15) is 18.2 Å². The Morgan fingerprint density at radius 3 is 2.50 bits per heavy atom. The number of hydrogen-bond donors (Lipinski definition) is 1. The number of ether oxygens (including phenoxy) is 1. The van der Waals surface area contributed by atoms with Gasteiger partial charge in [0.25, 0.3) is 0 Å². The van der Waals surface area contributed by atoms with Gasteiger partial charge in [0.2, 0.25) is 0 Å². The van der Waals surface area contributed by atoms with E-state index in [0.29, 0.717) is 17.8 Å². The third kappa shape index (κ3) is 3.78. The normalized spacial score (nSPS) is 11.2. The summed E-state index contributed by atoms with van der Waals surface area (Å²) < 4.78 is 35.7. The number of aliphatic hydroxyl groups excluding tert-OH is 1. The van der Waals surface area contributed by atoms with E-state index in [1.165, 1.54) is 18.2 Å². The molecule has 4 rings (SSSR count). The van der Waals surface area contributed by atoms with E-state index in [0.717, 1.165) is 28.1 Å². The average Bonchev–Trinajstić information content (AvgIpc) is 3.03. The number of benzene rings is 2. The maximum Gasteiger partial charge on any atom is 0.180 e. The third-order valence-corrected chi connectivity index (χ3v) is 5.03. The maximum atomic E-state index is 14.0. The fraction of sp³-hybridized carbons (Fsp3) is 0.208. The largest absolute Gasteiger partial charge is 0.485 e. The van der Waals surface area contributed by atoms with Gasteiger partial charge in [-0.25, -0.2) is 13.8 Å². The fourth-order valence-corrected chi connectivity index (χ4v) is 3.64. The number of rotatable bonds is 6. The molecule has 0 amide bonds. The van der Waals surface area contributed by atoms with Crippen molar-refractivity contribution >= 4 is 5.65 Å². The van der Waals surface area contributed by atoms with E-state index >= 15 is 0 Å². The monoisotopic (exact) mass is 408 g/mol. The van der Waals surface area contributed by atoms with Gasteiger partial charge in [-0.3, -0.25) is 4.40 Å². The van der Waals surface area contributed by atoms with Crippen LogP contribution in [0, 0.1) is 25.5 Å². The second-order valence-corrected chi connectivity index (χ2v) is 7.28. The van der Waals surface area contributed by atoms with Gasteiger partial charge in [-0.05, 0) is 55.7 Å². The summed E-state index contributed by atoms with van der Waals surface area (Å²) in [6, 6.07) is 13.5. The zero-order valence-electron chi connectivity index (χ0n) is 16.8. The number of imidazole rings is 1. The number of aromatic nitrogens is 2. The summed E-state index contributed by atoms with van der Waals surface area (Å²) in [5.41, 5.74) is 5.12. The van der Waals surface area contributed by atoms with Crippen LogP contribution in [0.5, 0.6) is 5.75 Å². The first-order chi connectivity index (χ1) is 14.5. The van der Waals surface area contributed by atoms with Gasteiger partial charge in [0, 0.05) is 18.4 Å². The highest BCUT2D eigenvalue weighted by molar-refractivity contribution is 5.71. The minimum Gasteiger partial charge on any atom is -0.485 e. The predicted octanol–water partition coefficient (Wildman–Crippen LogP) is 5.01. The Bertz CT molecular complexity index is 1200. The molecule has 0 radical (unpaired) electrons. The lowest BCUT2D eigenvalue weighted by molar-refractivity contribution is 0.294. The molecule has 30 heavy (non-hydrogen) atoms. The van der Waals surface area contributed by atoms with Crippen LogP contribution >= 0.6 is 0 Å². The van der Waals surface area contributed by atoms with Crippen molar-refractivity contribution in [1.82, 2.24) is 9.38 Å². The van der Waals surface area contributed by atoms with Crippen LogP contribution in [-0.2, 0) is 13.0 Å². The molecule has 2 aromatic heterocycles. The topological polar surface area (TPSA) is 46.8 Å². The SMILES string of the molecule is Cc1cc(OCc2c(F)cccc2F)c2nc(C)c(-c3cccc(CCO)c3)n2c1. The number of fused-ring (bicyclic) bond motifs is 1. The van der Waals surface area contributed by atoms with E-state index in [1.54, 1.807) is 0 Å². The summed E-state index contributed by atoms with van der Waals surface area (Å²) in [7, 11) is 0. The molecule has 1 N–H and O–H groups in total. The Morgan fingerprint density at radius 2 is 1.77 bits per heavy atom. The van der Waals surface area contributed by atoms with E-state index in [1.807, 2.05) is 54.8 Å². The van der Waals surface area contributed by atoms with Crippen molar-refractivity contribution in [3.8, 4) is 17.0 Å². The molecule has 0 fully saturated rings. The minimum atomic E-state index is -0.639. The zero-order valence-corrected chi connectivity index (χ0v) is 16.8. The van der Waals surface area contributed by atoms with Crippen LogP contribution in [0.2, 0.25) is 0 Å². The van der Waals surface area contributed by atoms with Crippen LogP contribution in [0.25, 0.3) is 16.9 Å². The summed E-state index contributed by atoms with van der Waals surface area (Å²) in [4.78, 5) is 4.66. The number of pyridine rings is 1. The van der Waals surface area contributed by atoms with Crippen LogP contribution in [0.15, 0.2) is 54.7 Å². The molecule has 0 saturated heterocycles. The van der Waals surface area contributed by atoms with Gasteiger partial charge < -0.3 is 9.84 Å². The summed E-state index contributed by atoms with van der Waals surface area (Å²) in [5, 5.41) is 9.24. The molecule has 2 heterocycles. The quantitative estimate of drug-likeness (QED) is 0.488. The number of hydrogen-bond acceptors (Lipinski definition) is 3. The first kappa shape index (κ1) is 20.0. The lowest BCUT2D eigenvalue weighted by Gasteiger charge is -2.11. The average molecular weight is 408 g/mol. The van der Waals surface area contributed by atoms with E-state index in [-0.39, 0.29) is 18.8 Å². The van der Waals surface area contributed by atoms with E-state index in [9.17, 15) is 13.9 Å². The Labute approximate surface area is 173 Å². The molecular weight excluding hydrogens is 386 g/mol. The van der Waals surface area contributed by atoms with Crippen molar-refractivity contribution in [2.75, 3.05) is 6.61 Å². The molecule has 0 atom stereocenters. The highest BCUT2D eigenvalue weighted by atomic mass is 19.1. The fourth-order valence-electron chi connectivity index (χ4n) is 3.64. The van der Waals surface area contributed by atoms with Crippen molar-refractivity contribution in [2.45, 2.75) is 26.9 Å². The van der Waals surface area contributed by atoms with Gasteiger partial charge in [-0.1, -0.05) is 24.3 Å². The van der Waals surface area contributed by atoms with Crippen LogP contribution in [0.4, 0.5) is 8.78 Å². The number of nitrogens with zero attached hydrogens (tertiary/aromatic N) is 2. The van der Waals surface area contributed by atoms with Crippen molar-refractivity contribution in [3.05, 3.63) is 88.7 Å². The lowest BCUT2D eigenvalue weighted by Crippen LogP contribution is -2.03. The summed E-state index contributed by atoms with van der Waals surface area (Å²) in [6.07, 6.45) is 2.53. The molecule has 0 spiro atoms. The van der Waals surface area contributed by atoms with Crippen molar-refractivity contribution in [3.63, 3.8) is 0 Å². The highest BCUT2D eigenvalue weighted by Crippen LogP contribution is 2.31. The molecule has 4 aromatic rings. The molecule has 154 valence electrons. The lowest BCUT2D eigenvalue weighted by atomic mass is 10.1. The summed E-state index contributed by atoms with van der Waals surface area (Å²) >= 11 is 0. The summed E-state index contributed by atoms with van der Waals surface area (Å²) in [5.74, 6) is -0.822. The number of halogens is 2. The smallest absolute Gasteiger partial charge is 0.180 e. The van der Waals surface area contributed by atoms with Gasteiger partial charge in [-0.15, -0.1) is 0 Å². The third-order valence-electron chi connectivity index (χ3n) is 5.03. The Balaban J connectivity index is 1.77. The molecule has 0 saturated carbocycles. The molecule has 4 nitrogen and oxygen atoms in total. The van der Waals surface area contributed by atoms with Crippen LogP contribution < -0.4 is 4.74 Å². The molecule has 0 aliphatic carbocycles. The Morgan fingerprint density at radius 1 is 1.03 bits per heavy atom. The Hall–Kier alpha value is -3.25. The highest BCUT2D eigenvalue weighted by Gasteiger charge is 2.17. The van der Waals surface area contributed by atoms with Gasteiger partial charge >= 0.3 is 0 Å². The predicted molar refractivity (Wildman–Crippen MR) is 112 cm³/mol. The molecule has 6 heteroatoms. The Kier molecular flexibility index (Phi) is 5.50. The molecule has 2 aromatic carbocycles. The van der Waals surface area contributed by atoms with Gasteiger partial charge in [0.05, 0.1) is 17.0 Å². The van der Waals surface area contributed by atoms with Crippen molar-refractivity contribution in [1.29, 1.82) is 0 Å². The van der Waals surface area contributed by atoms with E-state index in [4.69, 9.17) is 4.74 Å². The zero-order chi connectivity index (χ0) is 21.3. The van der Waals surface area contributed by atoms with Gasteiger partial charge in [-0.2, -0.15) is 0 Å². The molecule has 0 unspecified atom stereocenters. The van der Waals surface area contributed by atoms with Crippen molar-refractivity contribution in [2.24, 2.45) is 0 Å². The standard InChI is InChI=1S/C24H22F2N2O2/c1-15-11-22(30-14-19-20(25)7-4-8-21(19)26)24-27-16(2)23(28(24)13-15)18-6-3-5-17(12-18)9-10-29/h3-8,11-13,29H,9-10,14H2,1-2H3. The van der Waals surface area contributed by atoms with E-state index in [2.05, 4.69) is 4.98 Å². The second kappa shape index (κ2) is 8.24. The maximum absolute atomic E-state index is 14.0. The van der Waals surface area contributed by atoms with Gasteiger partial charge in [0.15, 0.2) is 11.4 Å². The first-order valence-electron chi connectivity index (χ1n) is 9.73. The van der Waals surface area contributed by atoms with Crippen LogP contribution in [0.3, 0.4) is 0 Å². The number of aliphatic hydroxyl groups is 1. The van der Waals surface area contributed by atoms with E-state index < -0.39 is 11.6 Å². The number of aryl methyl sites for hydroxylation is 2. The first-order valence-corrected chi connectivity index (χ1v) is 9.73. The van der Waals surface area contributed by atoms with Crippen LogP contribution in [0.1, 0.15) is 22.4 Å². The molecule has 0 bridgehead atoms. The molecule has 0 aliphatic heterocycles. The van der Waals surface area contributed by atoms with Crippen LogP contribution in [-0.4, -0.2) is 21.1 Å². The molecular formula is C24H22F2N2O2. The summed E-state index contributed by atoms with van der Waals surface area (Å²) in [6.45, 7) is 3.69. The minimum absolute atomic E-state index is 0.0826. The second-order valence-electron chi connectivity index (χ2n) is 7.28.